The van der Waals surface area contributed by atoms with Crippen LogP contribution in [0.3, 0.4) is 0 Å². The Labute approximate surface area is 145 Å². The number of nitrogens with zero attached hydrogens (tertiary/aromatic N) is 4. The van der Waals surface area contributed by atoms with E-state index in [4.69, 9.17) is 0 Å². The Morgan fingerprint density at radius 2 is 2.12 bits per heavy atom. The van der Waals surface area contributed by atoms with Crippen LogP contribution in [-0.4, -0.2) is 47.0 Å². The number of hydrogen-bond acceptors (Lipinski definition) is 4. The molecule has 5 nitrogen and oxygen atoms in total. The van der Waals surface area contributed by atoms with E-state index in [0.29, 0.717) is 18.2 Å². The highest BCUT2D eigenvalue weighted by atomic mass is 16.2. The Hall–Kier alpha value is -1.65. The van der Waals surface area contributed by atoms with E-state index in [2.05, 4.69) is 33.6 Å². The molecular weight excluding hydrogens is 300 g/mol. The van der Waals surface area contributed by atoms with Gasteiger partial charge in [0, 0.05) is 44.2 Å². The first-order chi connectivity index (χ1) is 11.5. The van der Waals surface area contributed by atoms with Gasteiger partial charge in [0.2, 0.25) is 5.91 Å². The summed E-state index contributed by atoms with van der Waals surface area (Å²) in [5.74, 6) is 2.84. The van der Waals surface area contributed by atoms with Crippen molar-refractivity contribution in [2.24, 2.45) is 11.3 Å². The molecular formula is C19H30N4O. The highest BCUT2D eigenvalue weighted by molar-refractivity contribution is 5.77. The third kappa shape index (κ3) is 3.87. The molecule has 0 saturated carbocycles. The monoisotopic (exact) mass is 330 g/mol. The van der Waals surface area contributed by atoms with Crippen molar-refractivity contribution >= 4 is 11.7 Å². The van der Waals surface area contributed by atoms with Gasteiger partial charge in [0.25, 0.3) is 0 Å². The van der Waals surface area contributed by atoms with Crippen LogP contribution in [0.1, 0.15) is 51.8 Å². The molecule has 5 heteroatoms. The summed E-state index contributed by atoms with van der Waals surface area (Å²) >= 11 is 0. The minimum atomic E-state index is 0.238. The lowest BCUT2D eigenvalue weighted by atomic mass is 9.73. The molecule has 2 fully saturated rings. The van der Waals surface area contributed by atoms with Gasteiger partial charge >= 0.3 is 0 Å². The first-order valence-corrected chi connectivity index (χ1v) is 9.30. The number of piperidine rings is 2. The van der Waals surface area contributed by atoms with Crippen LogP contribution in [0.15, 0.2) is 12.3 Å². The number of anilines is 1. The zero-order chi connectivity index (χ0) is 17.2. The van der Waals surface area contributed by atoms with Gasteiger partial charge in [0.1, 0.15) is 11.6 Å². The summed E-state index contributed by atoms with van der Waals surface area (Å²) in [4.78, 5) is 25.7. The van der Waals surface area contributed by atoms with E-state index in [-0.39, 0.29) is 5.41 Å². The fourth-order valence-corrected chi connectivity index (χ4v) is 4.08. The predicted molar refractivity (Wildman–Crippen MR) is 95.9 cm³/mol. The highest BCUT2D eigenvalue weighted by Gasteiger charge is 2.41. The molecule has 0 N–H and O–H groups in total. The van der Waals surface area contributed by atoms with Crippen LogP contribution in [0, 0.1) is 18.3 Å². The molecule has 3 heterocycles. The highest BCUT2D eigenvalue weighted by Crippen LogP contribution is 2.40. The lowest BCUT2D eigenvalue weighted by molar-refractivity contribution is -0.138. The van der Waals surface area contributed by atoms with Gasteiger partial charge in [-0.05, 0) is 44.6 Å². The predicted octanol–water partition coefficient (Wildman–Crippen LogP) is 3.04. The van der Waals surface area contributed by atoms with Gasteiger partial charge in [-0.3, -0.25) is 4.79 Å². The topological polar surface area (TPSA) is 49.3 Å². The summed E-state index contributed by atoms with van der Waals surface area (Å²) in [6.07, 6.45) is 7.06. The summed E-state index contributed by atoms with van der Waals surface area (Å²) < 4.78 is 0. The number of likely N-dealkylation sites (tertiary alicyclic amines) is 1. The van der Waals surface area contributed by atoms with Gasteiger partial charge in [0.15, 0.2) is 0 Å². The summed E-state index contributed by atoms with van der Waals surface area (Å²) in [5.41, 5.74) is 0.238. The molecule has 0 aliphatic carbocycles. The van der Waals surface area contributed by atoms with Crippen molar-refractivity contribution in [3.05, 3.63) is 18.1 Å². The summed E-state index contributed by atoms with van der Waals surface area (Å²) in [6.45, 7) is 10.3. The van der Waals surface area contributed by atoms with Crippen molar-refractivity contribution in [1.29, 1.82) is 0 Å². The molecule has 0 radical (unpaired) electrons. The van der Waals surface area contributed by atoms with E-state index < -0.39 is 0 Å². The van der Waals surface area contributed by atoms with E-state index in [9.17, 15) is 4.79 Å². The fraction of sp³-hybridized carbons (Fsp3) is 0.737. The van der Waals surface area contributed by atoms with Crippen molar-refractivity contribution in [1.82, 2.24) is 14.9 Å². The van der Waals surface area contributed by atoms with Crippen molar-refractivity contribution in [2.75, 3.05) is 31.1 Å². The van der Waals surface area contributed by atoms with Crippen molar-refractivity contribution in [3.8, 4) is 0 Å². The second-order valence-electron chi connectivity index (χ2n) is 7.98. The molecule has 1 aromatic rings. The van der Waals surface area contributed by atoms with Gasteiger partial charge in [-0.15, -0.1) is 0 Å². The number of rotatable bonds is 4. The number of carbonyl (C=O) groups excluding carboxylic acids is 1. The quantitative estimate of drug-likeness (QED) is 0.851. The molecule has 24 heavy (non-hydrogen) atoms. The largest absolute Gasteiger partial charge is 0.356 e. The van der Waals surface area contributed by atoms with Crippen LogP contribution >= 0.6 is 0 Å². The van der Waals surface area contributed by atoms with Gasteiger partial charge in [-0.25, -0.2) is 9.97 Å². The van der Waals surface area contributed by atoms with E-state index in [1.165, 1.54) is 12.8 Å². The second-order valence-corrected chi connectivity index (χ2v) is 7.98. The minimum absolute atomic E-state index is 0.238. The molecule has 0 bridgehead atoms. The summed E-state index contributed by atoms with van der Waals surface area (Å²) in [6, 6.07) is 2.01. The van der Waals surface area contributed by atoms with E-state index >= 15 is 0 Å². The smallest absolute Gasteiger partial charge is 0.222 e. The maximum atomic E-state index is 12.3. The Morgan fingerprint density at radius 3 is 2.88 bits per heavy atom. The third-order valence-corrected chi connectivity index (χ3v) is 5.47. The van der Waals surface area contributed by atoms with Crippen LogP contribution in [0.25, 0.3) is 0 Å². The molecule has 3 rings (SSSR count). The average Bonchev–Trinajstić information content (AvgIpc) is 2.56. The Balaban J connectivity index is 1.71. The van der Waals surface area contributed by atoms with Crippen LogP contribution < -0.4 is 4.90 Å². The van der Waals surface area contributed by atoms with Crippen molar-refractivity contribution in [2.45, 2.75) is 52.9 Å². The van der Waals surface area contributed by atoms with E-state index in [1.54, 1.807) is 0 Å². The standard InChI is InChI=1S/C19H30N4O/c1-15(2)7-12-23-14-19(9-5-18(23)24)8-4-11-22(13-19)17-6-10-20-16(3)21-17/h6,10,15H,4-5,7-9,11-14H2,1-3H3. The lowest BCUT2D eigenvalue weighted by Crippen LogP contribution is -2.54. The van der Waals surface area contributed by atoms with E-state index in [1.807, 2.05) is 19.2 Å². The van der Waals surface area contributed by atoms with Gasteiger partial charge in [-0.2, -0.15) is 0 Å². The Kier molecular flexibility index (Phi) is 5.07. The average molecular weight is 330 g/mol. The van der Waals surface area contributed by atoms with Crippen LogP contribution in [0.2, 0.25) is 0 Å². The first kappa shape index (κ1) is 17.2. The number of amides is 1. The molecule has 2 aliphatic rings. The summed E-state index contributed by atoms with van der Waals surface area (Å²) in [5, 5.41) is 0. The van der Waals surface area contributed by atoms with E-state index in [0.717, 1.165) is 50.7 Å². The molecule has 1 spiro atoms. The number of aromatic nitrogens is 2. The van der Waals surface area contributed by atoms with Gasteiger partial charge in [-0.1, -0.05) is 13.8 Å². The molecule has 0 aromatic carbocycles. The molecule has 132 valence electrons. The minimum Gasteiger partial charge on any atom is -0.356 e. The third-order valence-electron chi connectivity index (χ3n) is 5.47. The first-order valence-electron chi connectivity index (χ1n) is 9.30. The zero-order valence-electron chi connectivity index (χ0n) is 15.3. The number of hydrogen-bond donors (Lipinski definition) is 0. The van der Waals surface area contributed by atoms with Gasteiger partial charge < -0.3 is 9.80 Å². The molecule has 2 aliphatic heterocycles. The second kappa shape index (κ2) is 7.08. The molecule has 1 unspecified atom stereocenters. The van der Waals surface area contributed by atoms with Crippen LogP contribution in [0.4, 0.5) is 5.82 Å². The molecule has 2 saturated heterocycles. The maximum absolute atomic E-state index is 12.3. The molecule has 1 amide bonds. The Bertz CT molecular complexity index is 588. The lowest BCUT2D eigenvalue weighted by Gasteiger charge is -2.48. The maximum Gasteiger partial charge on any atom is 0.222 e. The van der Waals surface area contributed by atoms with Crippen molar-refractivity contribution < 1.29 is 4.79 Å². The number of carbonyl (C=O) groups is 1. The van der Waals surface area contributed by atoms with Crippen molar-refractivity contribution in [3.63, 3.8) is 0 Å². The van der Waals surface area contributed by atoms with Crippen LogP contribution in [-0.2, 0) is 4.79 Å². The van der Waals surface area contributed by atoms with Crippen LogP contribution in [0.5, 0.6) is 0 Å². The molecule has 1 atom stereocenters. The summed E-state index contributed by atoms with van der Waals surface area (Å²) in [7, 11) is 0. The molecule has 1 aromatic heterocycles. The zero-order valence-corrected chi connectivity index (χ0v) is 15.3. The normalized spacial score (nSPS) is 24.9. The number of aryl methyl sites for hydroxylation is 1. The fourth-order valence-electron chi connectivity index (χ4n) is 4.08. The van der Waals surface area contributed by atoms with Gasteiger partial charge in [0.05, 0.1) is 0 Å². The Morgan fingerprint density at radius 1 is 1.29 bits per heavy atom. The SMILES string of the molecule is Cc1nccc(N2CCCC3(CCC(=O)N(CCC(C)C)C3)C2)n1.